The van der Waals surface area contributed by atoms with Gasteiger partial charge in [-0.05, 0) is 24.8 Å². The number of nitrogens with zero attached hydrogens (tertiary/aromatic N) is 2. The first-order valence-corrected chi connectivity index (χ1v) is 8.07. The van der Waals surface area contributed by atoms with Gasteiger partial charge in [0.25, 0.3) is 0 Å². The molecule has 0 radical (unpaired) electrons. The highest BCUT2D eigenvalue weighted by molar-refractivity contribution is 5.95. The Balaban J connectivity index is 1.67. The zero-order valence-corrected chi connectivity index (χ0v) is 12.7. The van der Waals surface area contributed by atoms with Crippen LogP contribution in [0.15, 0.2) is 60.8 Å². The van der Waals surface area contributed by atoms with E-state index in [-0.39, 0.29) is 0 Å². The number of aromatic nitrogens is 1. The molecule has 1 aliphatic rings. The van der Waals surface area contributed by atoms with Gasteiger partial charge in [-0.15, -0.1) is 0 Å². The van der Waals surface area contributed by atoms with Crippen LogP contribution in [0.3, 0.4) is 0 Å². The van der Waals surface area contributed by atoms with Crippen molar-refractivity contribution in [2.75, 3.05) is 18.0 Å². The molecule has 0 saturated carbocycles. The van der Waals surface area contributed by atoms with E-state index in [4.69, 9.17) is 4.98 Å². The van der Waals surface area contributed by atoms with Gasteiger partial charge in [0, 0.05) is 30.1 Å². The van der Waals surface area contributed by atoms with E-state index in [2.05, 4.69) is 59.5 Å². The van der Waals surface area contributed by atoms with Crippen LogP contribution in [0.5, 0.6) is 0 Å². The smallest absolute Gasteiger partial charge is 0.0665 e. The van der Waals surface area contributed by atoms with Crippen LogP contribution in [-0.2, 0) is 12.8 Å². The van der Waals surface area contributed by atoms with Crippen molar-refractivity contribution >= 4 is 16.5 Å². The molecular weight excluding hydrogens is 268 g/mol. The Morgan fingerprint density at radius 2 is 1.77 bits per heavy atom. The third-order valence-corrected chi connectivity index (χ3v) is 4.52. The lowest BCUT2D eigenvalue weighted by atomic mass is 10.0. The van der Waals surface area contributed by atoms with E-state index in [1.165, 1.54) is 34.1 Å². The van der Waals surface area contributed by atoms with Gasteiger partial charge in [0.1, 0.15) is 0 Å². The van der Waals surface area contributed by atoms with Crippen molar-refractivity contribution in [2.45, 2.75) is 19.3 Å². The molecule has 0 aliphatic carbocycles. The molecule has 0 amide bonds. The average molecular weight is 288 g/mol. The first-order chi connectivity index (χ1) is 10.9. The molecule has 2 heterocycles. The van der Waals surface area contributed by atoms with Crippen LogP contribution in [0.2, 0.25) is 0 Å². The summed E-state index contributed by atoms with van der Waals surface area (Å²) >= 11 is 0. The first-order valence-electron chi connectivity index (χ1n) is 8.07. The standard InChI is InChI=1S/C20H20N2/c1-2-7-16(8-3-1)12-14-22-13-6-11-19-20(22)18-10-5-4-9-17(18)15-21-19/h1-5,7-10,15H,6,11-14H2. The fourth-order valence-electron chi connectivity index (χ4n) is 3.41. The molecule has 0 N–H and O–H groups in total. The Morgan fingerprint density at radius 3 is 2.68 bits per heavy atom. The van der Waals surface area contributed by atoms with Crippen molar-refractivity contribution in [1.29, 1.82) is 0 Å². The summed E-state index contributed by atoms with van der Waals surface area (Å²) < 4.78 is 0. The Hall–Kier alpha value is -2.35. The second-order valence-corrected chi connectivity index (χ2v) is 5.97. The minimum Gasteiger partial charge on any atom is -0.369 e. The summed E-state index contributed by atoms with van der Waals surface area (Å²) in [6, 6.07) is 19.4. The van der Waals surface area contributed by atoms with Gasteiger partial charge < -0.3 is 4.90 Å². The second-order valence-electron chi connectivity index (χ2n) is 5.97. The van der Waals surface area contributed by atoms with Crippen molar-refractivity contribution in [3.8, 4) is 0 Å². The van der Waals surface area contributed by atoms with Gasteiger partial charge in [0.05, 0.1) is 11.4 Å². The SMILES string of the molecule is c1ccc(CCN2CCCc3ncc4ccccc4c32)cc1. The van der Waals surface area contributed by atoms with E-state index < -0.39 is 0 Å². The zero-order valence-electron chi connectivity index (χ0n) is 12.7. The predicted octanol–water partition coefficient (Wildman–Crippen LogP) is 4.23. The van der Waals surface area contributed by atoms with E-state index in [0.717, 1.165) is 25.9 Å². The molecule has 3 aromatic rings. The van der Waals surface area contributed by atoms with Crippen molar-refractivity contribution in [1.82, 2.24) is 4.98 Å². The van der Waals surface area contributed by atoms with E-state index >= 15 is 0 Å². The van der Waals surface area contributed by atoms with Gasteiger partial charge in [-0.25, -0.2) is 0 Å². The van der Waals surface area contributed by atoms with Crippen LogP contribution in [0.1, 0.15) is 17.7 Å². The molecule has 22 heavy (non-hydrogen) atoms. The highest BCUT2D eigenvalue weighted by Gasteiger charge is 2.20. The molecule has 2 nitrogen and oxygen atoms in total. The molecule has 0 saturated heterocycles. The van der Waals surface area contributed by atoms with Crippen molar-refractivity contribution in [3.63, 3.8) is 0 Å². The zero-order chi connectivity index (χ0) is 14.8. The number of hydrogen-bond acceptors (Lipinski definition) is 2. The summed E-state index contributed by atoms with van der Waals surface area (Å²) in [7, 11) is 0. The number of aryl methyl sites for hydroxylation is 1. The summed E-state index contributed by atoms with van der Waals surface area (Å²) in [6.45, 7) is 2.20. The molecule has 0 fully saturated rings. The highest BCUT2D eigenvalue weighted by atomic mass is 15.1. The maximum atomic E-state index is 4.71. The number of pyridine rings is 1. The molecule has 0 unspecified atom stereocenters. The van der Waals surface area contributed by atoms with Crippen LogP contribution in [-0.4, -0.2) is 18.1 Å². The molecule has 0 bridgehead atoms. The quantitative estimate of drug-likeness (QED) is 0.717. The molecular formula is C20H20N2. The van der Waals surface area contributed by atoms with Crippen LogP contribution in [0, 0.1) is 0 Å². The maximum absolute atomic E-state index is 4.71. The van der Waals surface area contributed by atoms with Gasteiger partial charge >= 0.3 is 0 Å². The van der Waals surface area contributed by atoms with Crippen LogP contribution >= 0.6 is 0 Å². The van der Waals surface area contributed by atoms with Gasteiger partial charge in [-0.1, -0.05) is 54.6 Å². The summed E-state index contributed by atoms with van der Waals surface area (Å²) in [5.41, 5.74) is 4.03. The van der Waals surface area contributed by atoms with Crippen molar-refractivity contribution in [2.24, 2.45) is 0 Å². The van der Waals surface area contributed by atoms with Crippen LogP contribution in [0.4, 0.5) is 5.69 Å². The lowest BCUT2D eigenvalue weighted by Gasteiger charge is -2.32. The van der Waals surface area contributed by atoms with Crippen LogP contribution < -0.4 is 4.90 Å². The van der Waals surface area contributed by atoms with Gasteiger partial charge in [0.15, 0.2) is 0 Å². The average Bonchev–Trinajstić information content (AvgIpc) is 2.60. The lowest BCUT2D eigenvalue weighted by Crippen LogP contribution is -2.32. The fraction of sp³-hybridized carbons (Fsp3) is 0.250. The minimum atomic E-state index is 1.06. The summed E-state index contributed by atoms with van der Waals surface area (Å²) in [5.74, 6) is 0. The molecule has 0 atom stereocenters. The summed E-state index contributed by atoms with van der Waals surface area (Å²) in [4.78, 5) is 7.24. The first kappa shape index (κ1) is 13.3. The van der Waals surface area contributed by atoms with E-state index in [1.807, 2.05) is 6.20 Å². The van der Waals surface area contributed by atoms with Crippen molar-refractivity contribution < 1.29 is 0 Å². The Bertz CT molecular complexity index is 780. The molecule has 2 aromatic carbocycles. The lowest BCUT2D eigenvalue weighted by molar-refractivity contribution is 0.678. The topological polar surface area (TPSA) is 16.1 Å². The summed E-state index contributed by atoms with van der Waals surface area (Å²) in [5, 5.41) is 2.59. The highest BCUT2D eigenvalue weighted by Crippen LogP contribution is 2.33. The Labute approximate surface area is 131 Å². The van der Waals surface area contributed by atoms with Gasteiger partial charge in [0.2, 0.25) is 0 Å². The molecule has 110 valence electrons. The van der Waals surface area contributed by atoms with Crippen LogP contribution in [0.25, 0.3) is 10.8 Å². The number of anilines is 1. The third kappa shape index (κ3) is 2.45. The summed E-state index contributed by atoms with van der Waals surface area (Å²) in [6.07, 6.45) is 5.41. The largest absolute Gasteiger partial charge is 0.369 e. The molecule has 1 aromatic heterocycles. The molecule has 0 spiro atoms. The number of rotatable bonds is 3. The molecule has 4 rings (SSSR count). The van der Waals surface area contributed by atoms with E-state index in [1.54, 1.807) is 0 Å². The normalized spacial score (nSPS) is 14.1. The Morgan fingerprint density at radius 1 is 0.955 bits per heavy atom. The number of hydrogen-bond donors (Lipinski definition) is 0. The Kier molecular flexibility index (Phi) is 3.51. The van der Waals surface area contributed by atoms with Gasteiger partial charge in [-0.2, -0.15) is 0 Å². The second kappa shape index (κ2) is 5.80. The number of fused-ring (bicyclic) bond motifs is 3. The molecule has 2 heteroatoms. The van der Waals surface area contributed by atoms with E-state index in [9.17, 15) is 0 Å². The minimum absolute atomic E-state index is 1.06. The molecule has 1 aliphatic heterocycles. The maximum Gasteiger partial charge on any atom is 0.0665 e. The van der Waals surface area contributed by atoms with Crippen molar-refractivity contribution in [3.05, 3.63) is 72.1 Å². The predicted molar refractivity (Wildman–Crippen MR) is 92.4 cm³/mol. The number of benzene rings is 2. The fourth-order valence-corrected chi connectivity index (χ4v) is 3.41. The van der Waals surface area contributed by atoms with Gasteiger partial charge in [-0.3, -0.25) is 4.98 Å². The third-order valence-electron chi connectivity index (χ3n) is 4.52. The monoisotopic (exact) mass is 288 g/mol. The van der Waals surface area contributed by atoms with E-state index in [0.29, 0.717) is 0 Å².